The number of rotatable bonds is 4. The summed E-state index contributed by atoms with van der Waals surface area (Å²) in [6, 6.07) is 8.83. The lowest BCUT2D eigenvalue weighted by atomic mass is 9.98. The molecule has 0 aromatic heterocycles. The summed E-state index contributed by atoms with van der Waals surface area (Å²) < 4.78 is 0. The van der Waals surface area contributed by atoms with Crippen LogP contribution in [-0.2, 0) is 6.42 Å². The Kier molecular flexibility index (Phi) is 3.72. The van der Waals surface area contributed by atoms with Crippen molar-refractivity contribution in [1.82, 2.24) is 0 Å². The van der Waals surface area contributed by atoms with Gasteiger partial charge in [-0.2, -0.15) is 0 Å². The van der Waals surface area contributed by atoms with Crippen LogP contribution in [0.5, 0.6) is 0 Å². The van der Waals surface area contributed by atoms with E-state index in [1.165, 1.54) is 36.9 Å². The normalized spacial score (nSPS) is 18.3. The molecule has 1 aromatic rings. The molecule has 17 heavy (non-hydrogen) atoms. The third kappa shape index (κ3) is 3.01. The summed E-state index contributed by atoms with van der Waals surface area (Å²) in [6.45, 7) is 3.16. The van der Waals surface area contributed by atoms with Crippen LogP contribution < -0.4 is 10.6 Å². The van der Waals surface area contributed by atoms with Crippen LogP contribution in [0.1, 0.15) is 38.2 Å². The maximum Gasteiger partial charge on any atom is 0.0364 e. The SMILES string of the molecule is CCc1ccc(N(C)CC2(N)CCCC2)cc1. The molecule has 1 aromatic carbocycles. The Morgan fingerprint density at radius 1 is 1.18 bits per heavy atom. The second kappa shape index (κ2) is 5.09. The number of nitrogens with zero attached hydrogens (tertiary/aromatic N) is 1. The minimum absolute atomic E-state index is 0.0399. The zero-order chi connectivity index (χ0) is 12.3. The fourth-order valence-corrected chi connectivity index (χ4v) is 2.79. The van der Waals surface area contributed by atoms with Gasteiger partial charge in [0.2, 0.25) is 0 Å². The Labute approximate surface area is 105 Å². The molecule has 0 heterocycles. The van der Waals surface area contributed by atoms with E-state index in [2.05, 4.69) is 43.1 Å². The molecule has 1 fully saturated rings. The summed E-state index contributed by atoms with van der Waals surface area (Å²) in [7, 11) is 2.15. The van der Waals surface area contributed by atoms with Gasteiger partial charge in [0.1, 0.15) is 0 Å². The van der Waals surface area contributed by atoms with Crippen molar-refractivity contribution >= 4 is 5.69 Å². The molecule has 2 heteroatoms. The molecule has 2 nitrogen and oxygen atoms in total. The molecule has 0 bridgehead atoms. The van der Waals surface area contributed by atoms with Crippen LogP contribution in [0.3, 0.4) is 0 Å². The van der Waals surface area contributed by atoms with Gasteiger partial charge in [-0.15, -0.1) is 0 Å². The highest BCUT2D eigenvalue weighted by atomic mass is 15.1. The average molecular weight is 232 g/mol. The van der Waals surface area contributed by atoms with E-state index >= 15 is 0 Å². The molecule has 2 N–H and O–H groups in total. The summed E-state index contributed by atoms with van der Waals surface area (Å²) in [4.78, 5) is 2.30. The van der Waals surface area contributed by atoms with Crippen LogP contribution >= 0.6 is 0 Å². The number of hydrogen-bond acceptors (Lipinski definition) is 2. The number of benzene rings is 1. The first-order valence-corrected chi connectivity index (χ1v) is 6.72. The lowest BCUT2D eigenvalue weighted by Gasteiger charge is -2.31. The second-order valence-electron chi connectivity index (χ2n) is 5.45. The lowest BCUT2D eigenvalue weighted by molar-refractivity contribution is 0.442. The Bertz CT molecular complexity index is 350. The van der Waals surface area contributed by atoms with Crippen LogP contribution in [0.25, 0.3) is 0 Å². The smallest absolute Gasteiger partial charge is 0.0364 e. The first kappa shape index (κ1) is 12.4. The third-order valence-electron chi connectivity index (χ3n) is 3.94. The van der Waals surface area contributed by atoms with Crippen molar-refractivity contribution < 1.29 is 0 Å². The highest BCUT2D eigenvalue weighted by Gasteiger charge is 2.30. The Morgan fingerprint density at radius 3 is 2.29 bits per heavy atom. The van der Waals surface area contributed by atoms with Crippen LogP contribution in [-0.4, -0.2) is 19.1 Å². The molecule has 0 amide bonds. The quantitative estimate of drug-likeness (QED) is 0.865. The van der Waals surface area contributed by atoms with E-state index in [1.54, 1.807) is 0 Å². The molecular weight excluding hydrogens is 208 g/mol. The number of anilines is 1. The first-order valence-electron chi connectivity index (χ1n) is 6.72. The lowest BCUT2D eigenvalue weighted by Crippen LogP contribution is -2.47. The van der Waals surface area contributed by atoms with Crippen LogP contribution in [0.4, 0.5) is 5.69 Å². The van der Waals surface area contributed by atoms with Crippen molar-refractivity contribution in [2.75, 3.05) is 18.5 Å². The van der Waals surface area contributed by atoms with E-state index in [4.69, 9.17) is 5.73 Å². The van der Waals surface area contributed by atoms with Gasteiger partial charge in [-0.05, 0) is 37.0 Å². The molecule has 0 unspecified atom stereocenters. The zero-order valence-corrected chi connectivity index (χ0v) is 11.1. The van der Waals surface area contributed by atoms with E-state index < -0.39 is 0 Å². The summed E-state index contributed by atoms with van der Waals surface area (Å²) in [5, 5.41) is 0. The second-order valence-corrected chi connectivity index (χ2v) is 5.45. The van der Waals surface area contributed by atoms with Crippen LogP contribution in [0, 0.1) is 0 Å². The van der Waals surface area contributed by atoms with Gasteiger partial charge in [0, 0.05) is 24.8 Å². The number of hydrogen-bond donors (Lipinski definition) is 1. The van der Waals surface area contributed by atoms with Gasteiger partial charge in [-0.25, -0.2) is 0 Å². The van der Waals surface area contributed by atoms with Crippen molar-refractivity contribution in [3.05, 3.63) is 29.8 Å². The molecule has 0 atom stereocenters. The van der Waals surface area contributed by atoms with Crippen LogP contribution in [0.2, 0.25) is 0 Å². The maximum absolute atomic E-state index is 6.41. The van der Waals surface area contributed by atoms with E-state index in [-0.39, 0.29) is 5.54 Å². The maximum atomic E-state index is 6.41. The largest absolute Gasteiger partial charge is 0.373 e. The fraction of sp³-hybridized carbons (Fsp3) is 0.600. The van der Waals surface area contributed by atoms with Gasteiger partial charge in [-0.3, -0.25) is 0 Å². The molecule has 0 aliphatic heterocycles. The van der Waals surface area contributed by atoms with Crippen molar-refractivity contribution in [2.45, 2.75) is 44.6 Å². The molecule has 0 saturated heterocycles. The Hall–Kier alpha value is -1.02. The van der Waals surface area contributed by atoms with E-state index in [1.807, 2.05) is 0 Å². The van der Waals surface area contributed by atoms with Gasteiger partial charge in [0.25, 0.3) is 0 Å². The highest BCUT2D eigenvalue weighted by molar-refractivity contribution is 5.47. The van der Waals surface area contributed by atoms with Gasteiger partial charge in [0.15, 0.2) is 0 Å². The van der Waals surface area contributed by atoms with Gasteiger partial charge >= 0.3 is 0 Å². The minimum atomic E-state index is 0.0399. The zero-order valence-electron chi connectivity index (χ0n) is 11.1. The van der Waals surface area contributed by atoms with E-state index in [9.17, 15) is 0 Å². The Balaban J connectivity index is 2.01. The molecule has 94 valence electrons. The average Bonchev–Trinajstić information content (AvgIpc) is 2.76. The summed E-state index contributed by atoms with van der Waals surface area (Å²) in [6.07, 6.45) is 6.03. The van der Waals surface area contributed by atoms with Gasteiger partial charge in [-0.1, -0.05) is 31.9 Å². The van der Waals surface area contributed by atoms with Crippen molar-refractivity contribution in [3.63, 3.8) is 0 Å². The van der Waals surface area contributed by atoms with Gasteiger partial charge < -0.3 is 10.6 Å². The van der Waals surface area contributed by atoms with Crippen molar-refractivity contribution in [3.8, 4) is 0 Å². The summed E-state index contributed by atoms with van der Waals surface area (Å²) in [5.74, 6) is 0. The Morgan fingerprint density at radius 2 is 1.76 bits per heavy atom. The number of nitrogens with two attached hydrogens (primary N) is 1. The monoisotopic (exact) mass is 232 g/mol. The predicted molar refractivity (Wildman–Crippen MR) is 74.5 cm³/mol. The fourth-order valence-electron chi connectivity index (χ4n) is 2.79. The molecule has 0 radical (unpaired) electrons. The highest BCUT2D eigenvalue weighted by Crippen LogP contribution is 2.29. The molecule has 1 aliphatic carbocycles. The molecule has 1 aliphatic rings. The van der Waals surface area contributed by atoms with E-state index in [0.29, 0.717) is 0 Å². The molecule has 1 saturated carbocycles. The molecule has 2 rings (SSSR count). The molecule has 0 spiro atoms. The first-order chi connectivity index (χ1) is 8.13. The third-order valence-corrected chi connectivity index (χ3v) is 3.94. The van der Waals surface area contributed by atoms with Crippen molar-refractivity contribution in [1.29, 1.82) is 0 Å². The number of likely N-dealkylation sites (N-methyl/N-ethyl adjacent to an activating group) is 1. The van der Waals surface area contributed by atoms with E-state index in [0.717, 1.165) is 13.0 Å². The van der Waals surface area contributed by atoms with Gasteiger partial charge in [0.05, 0.1) is 0 Å². The standard InChI is InChI=1S/C15H24N2/c1-3-13-6-8-14(9-7-13)17(2)12-15(16)10-4-5-11-15/h6-9H,3-5,10-12,16H2,1-2H3. The topological polar surface area (TPSA) is 29.3 Å². The summed E-state index contributed by atoms with van der Waals surface area (Å²) in [5.41, 5.74) is 9.12. The summed E-state index contributed by atoms with van der Waals surface area (Å²) >= 11 is 0. The number of aryl methyl sites for hydroxylation is 1. The molecular formula is C15H24N2. The van der Waals surface area contributed by atoms with Crippen molar-refractivity contribution in [2.24, 2.45) is 5.73 Å². The predicted octanol–water partition coefficient (Wildman–Crippen LogP) is 2.96. The minimum Gasteiger partial charge on any atom is -0.373 e. The van der Waals surface area contributed by atoms with Crippen LogP contribution in [0.15, 0.2) is 24.3 Å².